The van der Waals surface area contributed by atoms with E-state index in [1.807, 2.05) is 0 Å². The number of H-pyrrole nitrogens is 1. The molecule has 216 valence electrons. The number of hydrogen-bond donors (Lipinski definition) is 2. The molecule has 5 rings (SSSR count). The molecule has 1 aliphatic rings. The van der Waals surface area contributed by atoms with Gasteiger partial charge >= 0.3 is 6.18 Å². The number of sulfonamides is 1. The maximum atomic E-state index is 14.4. The Bertz CT molecular complexity index is 1750. The average Bonchev–Trinajstić information content (AvgIpc) is 3.32. The summed E-state index contributed by atoms with van der Waals surface area (Å²) >= 11 is 6.07. The van der Waals surface area contributed by atoms with Crippen LogP contribution < -0.4 is 10.5 Å². The normalized spacial score (nSPS) is 16.7. The van der Waals surface area contributed by atoms with E-state index in [1.54, 1.807) is 0 Å². The third-order valence-electron chi connectivity index (χ3n) is 6.41. The summed E-state index contributed by atoms with van der Waals surface area (Å²) in [5.41, 5.74) is 4.26. The van der Waals surface area contributed by atoms with Gasteiger partial charge in [0.15, 0.2) is 0 Å². The third kappa shape index (κ3) is 5.86. The molecule has 0 saturated carbocycles. The van der Waals surface area contributed by atoms with Crippen molar-refractivity contribution in [1.29, 1.82) is 0 Å². The Labute approximate surface area is 235 Å². The van der Waals surface area contributed by atoms with Gasteiger partial charge in [-0.3, -0.25) is 9.78 Å². The zero-order valence-corrected chi connectivity index (χ0v) is 22.5. The van der Waals surface area contributed by atoms with Crippen LogP contribution in [0.2, 0.25) is 5.02 Å². The van der Waals surface area contributed by atoms with Gasteiger partial charge in [0, 0.05) is 46.3 Å². The summed E-state index contributed by atoms with van der Waals surface area (Å²) in [7, 11) is -4.26. The van der Waals surface area contributed by atoms with E-state index in [4.69, 9.17) is 26.8 Å². The van der Waals surface area contributed by atoms with Gasteiger partial charge in [0.2, 0.25) is 10.0 Å². The van der Waals surface area contributed by atoms with Crippen LogP contribution in [-0.4, -0.2) is 61.0 Å². The Kier molecular flexibility index (Phi) is 7.68. The fraction of sp³-hybridized carbons (Fsp3) is 0.231. The Hall–Kier alpha value is -3.72. The molecule has 1 aliphatic heterocycles. The van der Waals surface area contributed by atoms with Gasteiger partial charge < -0.3 is 20.2 Å². The molecule has 0 unspecified atom stereocenters. The van der Waals surface area contributed by atoms with Crippen molar-refractivity contribution in [3.63, 3.8) is 0 Å². The lowest BCUT2D eigenvalue weighted by atomic mass is 10.0. The molecule has 0 radical (unpaired) electrons. The molecule has 1 atom stereocenters. The van der Waals surface area contributed by atoms with Crippen molar-refractivity contribution in [3.05, 3.63) is 77.0 Å². The number of pyridine rings is 1. The number of ether oxygens (including phenoxy) is 2. The molecule has 0 aliphatic carbocycles. The van der Waals surface area contributed by atoms with Gasteiger partial charge in [0.1, 0.15) is 34.9 Å². The van der Waals surface area contributed by atoms with E-state index >= 15 is 0 Å². The maximum absolute atomic E-state index is 14.4. The summed E-state index contributed by atoms with van der Waals surface area (Å²) in [4.78, 5) is 18.5. The van der Waals surface area contributed by atoms with Crippen LogP contribution in [0.5, 0.6) is 5.75 Å². The zero-order valence-electron chi connectivity index (χ0n) is 20.9. The molecule has 9 nitrogen and oxygen atoms in total. The Balaban J connectivity index is 1.35. The minimum Gasteiger partial charge on any atom is -0.489 e. The van der Waals surface area contributed by atoms with Gasteiger partial charge in [-0.05, 0) is 42.5 Å². The van der Waals surface area contributed by atoms with Crippen LogP contribution >= 0.6 is 11.6 Å². The second-order valence-corrected chi connectivity index (χ2v) is 11.5. The fourth-order valence-corrected chi connectivity index (χ4v) is 6.44. The summed E-state index contributed by atoms with van der Waals surface area (Å²) in [5, 5.41) is 0.466. The number of hydrogen-bond acceptors (Lipinski definition) is 6. The van der Waals surface area contributed by atoms with Crippen molar-refractivity contribution >= 4 is 38.4 Å². The molecule has 1 fully saturated rings. The van der Waals surface area contributed by atoms with Gasteiger partial charge in [0.25, 0.3) is 5.91 Å². The molecule has 2 aromatic heterocycles. The minimum atomic E-state index is -4.66. The number of carbonyl (C=O) groups excluding carboxylic acids is 1. The predicted molar refractivity (Wildman–Crippen MR) is 140 cm³/mol. The van der Waals surface area contributed by atoms with E-state index in [0.29, 0.717) is 17.6 Å². The summed E-state index contributed by atoms with van der Waals surface area (Å²) in [6.07, 6.45) is -2.95. The number of rotatable bonds is 7. The van der Waals surface area contributed by atoms with E-state index in [2.05, 4.69) is 9.97 Å². The number of nitrogens with two attached hydrogens (primary N) is 1. The number of amides is 1. The van der Waals surface area contributed by atoms with E-state index in [1.165, 1.54) is 36.7 Å². The highest BCUT2D eigenvalue weighted by Gasteiger charge is 2.36. The topological polar surface area (TPSA) is 128 Å². The fourth-order valence-electron chi connectivity index (χ4n) is 4.48. The van der Waals surface area contributed by atoms with Crippen LogP contribution in [0.15, 0.2) is 59.8 Å². The van der Waals surface area contributed by atoms with Gasteiger partial charge in [-0.2, -0.15) is 17.5 Å². The molecular weight excluding hydrogens is 592 g/mol. The molecule has 0 bridgehead atoms. The summed E-state index contributed by atoms with van der Waals surface area (Å²) < 4.78 is 93.6. The molecule has 0 spiro atoms. The van der Waals surface area contributed by atoms with Gasteiger partial charge in [-0.1, -0.05) is 11.6 Å². The van der Waals surface area contributed by atoms with Crippen LogP contribution in [0.25, 0.3) is 22.0 Å². The number of fused-ring (bicyclic) bond motifs is 1. The number of benzene rings is 2. The lowest BCUT2D eigenvalue weighted by Gasteiger charge is -2.32. The van der Waals surface area contributed by atoms with Gasteiger partial charge in [-0.25, -0.2) is 12.8 Å². The first-order valence-corrected chi connectivity index (χ1v) is 13.8. The molecule has 1 saturated heterocycles. The molecule has 3 heterocycles. The SMILES string of the molecule is NC(=O)c1[nH]c2ccc(Cl)cc2c1S(=O)(=O)N1CCO[C@H](COc2cncc(-c3cc(C(F)(F)F)ccc3F)c2)C1. The highest BCUT2D eigenvalue weighted by atomic mass is 35.5. The monoisotopic (exact) mass is 612 g/mol. The first-order chi connectivity index (χ1) is 19.3. The molecular formula is C26H21ClF4N4O5S. The number of aromatic amines is 1. The Morgan fingerprint density at radius 1 is 1.20 bits per heavy atom. The molecule has 4 aromatic rings. The van der Waals surface area contributed by atoms with E-state index < -0.39 is 39.6 Å². The number of aromatic nitrogens is 2. The predicted octanol–water partition coefficient (Wildman–Crippen LogP) is 4.61. The smallest absolute Gasteiger partial charge is 0.416 e. The number of halogens is 5. The van der Waals surface area contributed by atoms with Crippen molar-refractivity contribution in [3.8, 4) is 16.9 Å². The number of nitrogens with zero attached hydrogens (tertiary/aromatic N) is 2. The zero-order chi connectivity index (χ0) is 29.5. The standard InChI is InChI=1S/C26H21ClF4N4O5S/c27-16-2-4-22-20(9-16)24(23(34-22)25(32)36)41(37,38)35-5-6-39-18(12-35)13-40-17-7-14(10-33-11-17)19-8-15(26(29,30)31)1-3-21(19)28/h1-4,7-11,18,34H,5-6,12-13H2,(H2,32,36)/t18-/m0/s1. The van der Waals surface area contributed by atoms with Gasteiger partial charge in [-0.15, -0.1) is 0 Å². The van der Waals surface area contributed by atoms with Crippen LogP contribution in [0.3, 0.4) is 0 Å². The number of primary amides is 1. The second-order valence-electron chi connectivity index (χ2n) is 9.15. The van der Waals surface area contributed by atoms with E-state index in [0.717, 1.165) is 10.4 Å². The van der Waals surface area contributed by atoms with Crippen LogP contribution in [0.4, 0.5) is 17.6 Å². The Morgan fingerprint density at radius 2 is 1.98 bits per heavy atom. The van der Waals surface area contributed by atoms with Crippen LogP contribution in [-0.2, 0) is 20.9 Å². The van der Waals surface area contributed by atoms with Gasteiger partial charge in [0.05, 0.1) is 18.4 Å². The Morgan fingerprint density at radius 3 is 2.71 bits per heavy atom. The van der Waals surface area contributed by atoms with Crippen LogP contribution in [0.1, 0.15) is 16.1 Å². The van der Waals surface area contributed by atoms with E-state index in [-0.39, 0.29) is 64.2 Å². The van der Waals surface area contributed by atoms with Crippen molar-refractivity contribution in [2.45, 2.75) is 17.2 Å². The first kappa shape index (κ1) is 28.8. The molecule has 41 heavy (non-hydrogen) atoms. The molecule has 15 heteroatoms. The number of carbonyl (C=O) groups is 1. The van der Waals surface area contributed by atoms with E-state index in [9.17, 15) is 30.8 Å². The lowest BCUT2D eigenvalue weighted by Crippen LogP contribution is -2.47. The summed E-state index contributed by atoms with van der Waals surface area (Å²) in [6, 6.07) is 7.85. The highest BCUT2D eigenvalue weighted by molar-refractivity contribution is 7.89. The van der Waals surface area contributed by atoms with Crippen molar-refractivity contribution in [2.75, 3.05) is 26.3 Å². The minimum absolute atomic E-state index is 0.00993. The maximum Gasteiger partial charge on any atom is 0.416 e. The first-order valence-electron chi connectivity index (χ1n) is 12.0. The summed E-state index contributed by atoms with van der Waals surface area (Å²) in [6.45, 7) is -0.320. The molecule has 2 aromatic carbocycles. The molecule has 3 N–H and O–H groups in total. The van der Waals surface area contributed by atoms with Crippen molar-refractivity contribution in [1.82, 2.24) is 14.3 Å². The number of nitrogens with one attached hydrogen (secondary N) is 1. The van der Waals surface area contributed by atoms with Crippen molar-refractivity contribution in [2.24, 2.45) is 5.73 Å². The quantitative estimate of drug-likeness (QED) is 0.294. The summed E-state index contributed by atoms with van der Waals surface area (Å²) in [5.74, 6) is -1.74. The molecule has 1 amide bonds. The number of morpholine rings is 1. The highest BCUT2D eigenvalue weighted by Crippen LogP contribution is 2.35. The third-order valence-corrected chi connectivity index (χ3v) is 8.60. The van der Waals surface area contributed by atoms with Crippen LogP contribution in [0, 0.1) is 5.82 Å². The lowest BCUT2D eigenvalue weighted by molar-refractivity contribution is -0.137. The second kappa shape index (κ2) is 10.9. The van der Waals surface area contributed by atoms with Crippen molar-refractivity contribution < 1.29 is 40.2 Å². The largest absolute Gasteiger partial charge is 0.489 e. The number of alkyl halides is 3. The average molecular weight is 613 g/mol.